The second-order valence-electron chi connectivity index (χ2n) is 4.43. The van der Waals surface area contributed by atoms with Crippen molar-refractivity contribution >= 4 is 5.78 Å². The van der Waals surface area contributed by atoms with Crippen LogP contribution in [0.25, 0.3) is 0 Å². The molecular weight excluding hydrogens is 178 g/mol. The predicted molar refractivity (Wildman–Crippen MR) is 56.3 cm³/mol. The number of ether oxygens (including phenoxy) is 1. The number of carbonyl (C=O) groups excluding carboxylic acids is 1. The van der Waals surface area contributed by atoms with Crippen LogP contribution in [0.2, 0.25) is 0 Å². The number of Topliss-reactive ketones (excluding diaryl/α,β-unsaturated/α-hetero) is 1. The first-order valence-electron chi connectivity index (χ1n) is 5.42. The van der Waals surface area contributed by atoms with E-state index in [-0.39, 0.29) is 11.7 Å². The van der Waals surface area contributed by atoms with Crippen LogP contribution in [-0.2, 0) is 9.53 Å². The molecule has 1 aliphatic rings. The van der Waals surface area contributed by atoms with Gasteiger partial charge in [0.15, 0.2) is 5.78 Å². The van der Waals surface area contributed by atoms with E-state index in [4.69, 9.17) is 4.74 Å². The van der Waals surface area contributed by atoms with Gasteiger partial charge in [0.25, 0.3) is 0 Å². The highest BCUT2D eigenvalue weighted by Gasteiger charge is 2.18. The predicted octanol–water partition coefficient (Wildman–Crippen LogP) is 1.32. The lowest BCUT2D eigenvalue weighted by atomic mass is 10.1. The van der Waals surface area contributed by atoms with Gasteiger partial charge in [0.1, 0.15) is 6.61 Å². The van der Waals surface area contributed by atoms with Crippen molar-refractivity contribution in [3.63, 3.8) is 0 Å². The maximum absolute atomic E-state index is 11.3. The number of ketones is 1. The normalized spacial score (nSPS) is 20.3. The molecular formula is C11H21NO2. The summed E-state index contributed by atoms with van der Waals surface area (Å²) in [7, 11) is 2.12. The number of rotatable bonds is 4. The van der Waals surface area contributed by atoms with Gasteiger partial charge in [-0.2, -0.15) is 0 Å². The van der Waals surface area contributed by atoms with Crippen molar-refractivity contribution < 1.29 is 9.53 Å². The number of piperidine rings is 1. The summed E-state index contributed by atoms with van der Waals surface area (Å²) < 4.78 is 5.58. The molecule has 3 heteroatoms. The van der Waals surface area contributed by atoms with Crippen LogP contribution in [0.5, 0.6) is 0 Å². The van der Waals surface area contributed by atoms with E-state index in [9.17, 15) is 4.79 Å². The van der Waals surface area contributed by atoms with E-state index in [1.165, 1.54) is 0 Å². The first-order valence-corrected chi connectivity index (χ1v) is 5.42. The molecule has 1 aliphatic heterocycles. The molecule has 3 nitrogen and oxygen atoms in total. The first kappa shape index (κ1) is 11.7. The third kappa shape index (κ3) is 3.76. The average molecular weight is 199 g/mol. The maximum Gasteiger partial charge on any atom is 0.160 e. The molecule has 0 aromatic heterocycles. The Morgan fingerprint density at radius 3 is 2.50 bits per heavy atom. The highest BCUT2D eigenvalue weighted by molar-refractivity contribution is 5.81. The highest BCUT2D eigenvalue weighted by atomic mass is 16.5. The number of hydrogen-bond acceptors (Lipinski definition) is 3. The van der Waals surface area contributed by atoms with Gasteiger partial charge in [-0.15, -0.1) is 0 Å². The third-order valence-corrected chi connectivity index (χ3v) is 2.77. The van der Waals surface area contributed by atoms with Crippen LogP contribution in [0.3, 0.4) is 0 Å². The van der Waals surface area contributed by atoms with Crippen molar-refractivity contribution in [3.8, 4) is 0 Å². The third-order valence-electron chi connectivity index (χ3n) is 2.77. The Kier molecular flexibility index (Phi) is 4.55. The Morgan fingerprint density at radius 1 is 1.43 bits per heavy atom. The zero-order valence-electron chi connectivity index (χ0n) is 9.45. The smallest absolute Gasteiger partial charge is 0.160 e. The molecule has 0 atom stereocenters. The van der Waals surface area contributed by atoms with Crippen LogP contribution < -0.4 is 0 Å². The van der Waals surface area contributed by atoms with E-state index in [2.05, 4.69) is 11.9 Å². The molecule has 0 aromatic carbocycles. The summed E-state index contributed by atoms with van der Waals surface area (Å²) in [6, 6.07) is 0. The summed E-state index contributed by atoms with van der Waals surface area (Å²) in [5, 5.41) is 0. The molecule has 0 N–H and O–H groups in total. The molecule has 1 fully saturated rings. The summed E-state index contributed by atoms with van der Waals surface area (Å²) in [5.41, 5.74) is 0. The van der Waals surface area contributed by atoms with Gasteiger partial charge in [-0.25, -0.2) is 0 Å². The van der Waals surface area contributed by atoms with Gasteiger partial charge in [0.05, 0.1) is 6.10 Å². The lowest BCUT2D eigenvalue weighted by Crippen LogP contribution is -2.35. The molecule has 82 valence electrons. The number of nitrogens with zero attached hydrogens (tertiary/aromatic N) is 1. The SMILES string of the molecule is CC(C)C(=O)COC1CCN(C)CC1. The Labute approximate surface area is 86.4 Å². The van der Waals surface area contributed by atoms with E-state index >= 15 is 0 Å². The summed E-state index contributed by atoms with van der Waals surface area (Å²) in [4.78, 5) is 13.6. The minimum Gasteiger partial charge on any atom is -0.370 e. The van der Waals surface area contributed by atoms with E-state index in [0.29, 0.717) is 12.7 Å². The van der Waals surface area contributed by atoms with E-state index < -0.39 is 0 Å². The van der Waals surface area contributed by atoms with E-state index in [0.717, 1.165) is 25.9 Å². The number of hydrogen-bond donors (Lipinski definition) is 0. The Hall–Kier alpha value is -0.410. The minimum absolute atomic E-state index is 0.0984. The second kappa shape index (κ2) is 5.47. The molecule has 14 heavy (non-hydrogen) atoms. The molecule has 1 rings (SSSR count). The first-order chi connectivity index (χ1) is 6.59. The second-order valence-corrected chi connectivity index (χ2v) is 4.43. The van der Waals surface area contributed by atoms with Crippen LogP contribution in [-0.4, -0.2) is 43.5 Å². The van der Waals surface area contributed by atoms with E-state index in [1.807, 2.05) is 13.8 Å². The largest absolute Gasteiger partial charge is 0.370 e. The van der Waals surface area contributed by atoms with Gasteiger partial charge in [-0.1, -0.05) is 13.8 Å². The van der Waals surface area contributed by atoms with Crippen molar-refractivity contribution in [2.24, 2.45) is 5.92 Å². The fourth-order valence-corrected chi connectivity index (χ4v) is 1.52. The van der Waals surface area contributed by atoms with Crippen molar-refractivity contribution in [2.75, 3.05) is 26.7 Å². The standard InChI is InChI=1S/C11H21NO2/c1-9(2)11(13)8-14-10-4-6-12(3)7-5-10/h9-10H,4-8H2,1-3H3. The zero-order valence-corrected chi connectivity index (χ0v) is 9.45. The van der Waals surface area contributed by atoms with Gasteiger partial charge >= 0.3 is 0 Å². The maximum atomic E-state index is 11.3. The minimum atomic E-state index is 0.0984. The molecule has 0 spiro atoms. The zero-order chi connectivity index (χ0) is 10.6. The van der Waals surface area contributed by atoms with Crippen molar-refractivity contribution in [3.05, 3.63) is 0 Å². The number of likely N-dealkylation sites (tertiary alicyclic amines) is 1. The quantitative estimate of drug-likeness (QED) is 0.684. The average Bonchev–Trinajstić information content (AvgIpc) is 2.16. The van der Waals surface area contributed by atoms with Gasteiger partial charge in [-0.05, 0) is 19.9 Å². The van der Waals surface area contributed by atoms with Gasteiger partial charge < -0.3 is 9.64 Å². The van der Waals surface area contributed by atoms with Crippen LogP contribution >= 0.6 is 0 Å². The van der Waals surface area contributed by atoms with Gasteiger partial charge in [-0.3, -0.25) is 4.79 Å². The lowest BCUT2D eigenvalue weighted by Gasteiger charge is -2.28. The van der Waals surface area contributed by atoms with Crippen molar-refractivity contribution in [1.29, 1.82) is 0 Å². The van der Waals surface area contributed by atoms with Crippen LogP contribution in [0.4, 0.5) is 0 Å². The molecule has 0 aliphatic carbocycles. The molecule has 1 saturated heterocycles. The number of carbonyl (C=O) groups is 1. The molecule has 1 heterocycles. The summed E-state index contributed by atoms with van der Waals surface area (Å²) in [6.07, 6.45) is 2.41. The lowest BCUT2D eigenvalue weighted by molar-refractivity contribution is -0.129. The fourth-order valence-electron chi connectivity index (χ4n) is 1.52. The Morgan fingerprint density at radius 2 is 2.00 bits per heavy atom. The topological polar surface area (TPSA) is 29.5 Å². The van der Waals surface area contributed by atoms with Crippen molar-refractivity contribution in [2.45, 2.75) is 32.8 Å². The summed E-state index contributed by atoms with van der Waals surface area (Å²) in [6.45, 7) is 6.30. The van der Waals surface area contributed by atoms with Gasteiger partial charge in [0.2, 0.25) is 0 Å². The fraction of sp³-hybridized carbons (Fsp3) is 0.909. The van der Waals surface area contributed by atoms with Crippen LogP contribution in [0.1, 0.15) is 26.7 Å². The molecule has 0 saturated carbocycles. The van der Waals surface area contributed by atoms with Crippen molar-refractivity contribution in [1.82, 2.24) is 4.90 Å². The Balaban J connectivity index is 2.16. The molecule has 0 bridgehead atoms. The highest BCUT2D eigenvalue weighted by Crippen LogP contribution is 2.12. The van der Waals surface area contributed by atoms with Crippen LogP contribution in [0, 0.1) is 5.92 Å². The van der Waals surface area contributed by atoms with E-state index in [1.54, 1.807) is 0 Å². The summed E-state index contributed by atoms with van der Waals surface area (Å²) in [5.74, 6) is 0.310. The molecule has 0 unspecified atom stereocenters. The molecule has 0 aromatic rings. The monoisotopic (exact) mass is 199 g/mol. The molecule has 0 radical (unpaired) electrons. The molecule has 0 amide bonds. The van der Waals surface area contributed by atoms with Gasteiger partial charge in [0, 0.05) is 19.0 Å². The summed E-state index contributed by atoms with van der Waals surface area (Å²) >= 11 is 0. The Bertz CT molecular complexity index is 184. The van der Waals surface area contributed by atoms with Crippen LogP contribution in [0.15, 0.2) is 0 Å².